The molecule has 2 aromatic carbocycles. The number of hydrogen-bond donors (Lipinski definition) is 2. The van der Waals surface area contributed by atoms with Crippen LogP contribution in [0.4, 0.5) is 10.1 Å². The molecule has 0 saturated heterocycles. The molecule has 3 rings (SSSR count). The number of anilines is 1. The topological polar surface area (TPSA) is 97.4 Å². The molecule has 0 fully saturated rings. The standard InChI is InChI=1S/C21H20FN3O4S/c1-29-20-10-11-23-13-19(20)25-30(27,28)14-16-7-2-4-8-17(16)21(26)24-12-15-6-3-5-9-18(15)22/h2-11,13,25H,12,14H2,1H3,(H,24,26). The summed E-state index contributed by atoms with van der Waals surface area (Å²) in [6, 6.07) is 14.0. The first kappa shape index (κ1) is 21.3. The number of sulfonamides is 1. The Hall–Kier alpha value is -3.46. The van der Waals surface area contributed by atoms with Crippen molar-refractivity contribution in [1.29, 1.82) is 0 Å². The summed E-state index contributed by atoms with van der Waals surface area (Å²) in [6.07, 6.45) is 2.81. The van der Waals surface area contributed by atoms with Crippen LogP contribution in [0.5, 0.6) is 5.75 Å². The Kier molecular flexibility index (Phi) is 6.63. The molecule has 9 heteroatoms. The van der Waals surface area contributed by atoms with Gasteiger partial charge in [-0.3, -0.25) is 14.5 Å². The van der Waals surface area contributed by atoms with Gasteiger partial charge in [-0.15, -0.1) is 0 Å². The Morgan fingerprint density at radius 3 is 2.50 bits per heavy atom. The third-order valence-corrected chi connectivity index (χ3v) is 5.49. The van der Waals surface area contributed by atoms with Crippen LogP contribution in [0, 0.1) is 5.82 Å². The fourth-order valence-electron chi connectivity index (χ4n) is 2.82. The van der Waals surface area contributed by atoms with Gasteiger partial charge in [0.25, 0.3) is 5.91 Å². The van der Waals surface area contributed by atoms with Crippen LogP contribution in [0.15, 0.2) is 67.0 Å². The van der Waals surface area contributed by atoms with Crippen LogP contribution < -0.4 is 14.8 Å². The molecule has 0 aliphatic carbocycles. The largest absolute Gasteiger partial charge is 0.494 e. The molecule has 0 atom stereocenters. The zero-order chi connectivity index (χ0) is 21.6. The first-order valence-corrected chi connectivity index (χ1v) is 10.6. The molecule has 1 aromatic heterocycles. The van der Waals surface area contributed by atoms with Crippen molar-refractivity contribution >= 4 is 21.6 Å². The molecular weight excluding hydrogens is 409 g/mol. The Balaban J connectivity index is 1.76. The number of halogens is 1. The molecule has 0 aliphatic heterocycles. The van der Waals surface area contributed by atoms with E-state index < -0.39 is 27.5 Å². The van der Waals surface area contributed by atoms with Gasteiger partial charge in [0.15, 0.2) is 0 Å². The van der Waals surface area contributed by atoms with Gasteiger partial charge in [-0.2, -0.15) is 0 Å². The highest BCUT2D eigenvalue weighted by Gasteiger charge is 2.19. The van der Waals surface area contributed by atoms with Crippen molar-refractivity contribution < 1.29 is 22.3 Å². The van der Waals surface area contributed by atoms with Crippen molar-refractivity contribution in [3.05, 3.63) is 89.5 Å². The van der Waals surface area contributed by atoms with E-state index in [1.165, 1.54) is 37.7 Å². The van der Waals surface area contributed by atoms with Crippen molar-refractivity contribution in [3.63, 3.8) is 0 Å². The Morgan fingerprint density at radius 2 is 1.77 bits per heavy atom. The van der Waals surface area contributed by atoms with Crippen LogP contribution in [0.3, 0.4) is 0 Å². The minimum Gasteiger partial charge on any atom is -0.494 e. The van der Waals surface area contributed by atoms with Crippen molar-refractivity contribution in [1.82, 2.24) is 10.3 Å². The van der Waals surface area contributed by atoms with E-state index in [4.69, 9.17) is 4.74 Å². The molecule has 3 aromatic rings. The molecule has 156 valence electrons. The number of aromatic nitrogens is 1. The lowest BCUT2D eigenvalue weighted by Crippen LogP contribution is -2.25. The number of methoxy groups -OCH3 is 1. The Labute approximate surface area is 174 Å². The van der Waals surface area contributed by atoms with Gasteiger partial charge in [0, 0.05) is 29.9 Å². The number of pyridine rings is 1. The minimum atomic E-state index is -3.86. The summed E-state index contributed by atoms with van der Waals surface area (Å²) in [5.74, 6) is -1.04. The SMILES string of the molecule is COc1ccncc1NS(=O)(=O)Cc1ccccc1C(=O)NCc1ccccc1F. The highest BCUT2D eigenvalue weighted by Crippen LogP contribution is 2.24. The van der Waals surface area contributed by atoms with E-state index in [0.717, 1.165) is 0 Å². The van der Waals surface area contributed by atoms with Gasteiger partial charge >= 0.3 is 0 Å². The summed E-state index contributed by atoms with van der Waals surface area (Å²) in [7, 11) is -2.44. The Bertz CT molecular complexity index is 1150. The maximum absolute atomic E-state index is 13.8. The second-order valence-electron chi connectivity index (χ2n) is 6.37. The van der Waals surface area contributed by atoms with E-state index in [9.17, 15) is 17.6 Å². The first-order valence-electron chi connectivity index (χ1n) is 8.97. The van der Waals surface area contributed by atoms with E-state index in [1.54, 1.807) is 36.4 Å². The number of amides is 1. The van der Waals surface area contributed by atoms with Crippen molar-refractivity contribution in [2.75, 3.05) is 11.8 Å². The lowest BCUT2D eigenvalue weighted by atomic mass is 10.1. The molecule has 0 bridgehead atoms. The van der Waals surface area contributed by atoms with Gasteiger partial charge in [-0.1, -0.05) is 36.4 Å². The van der Waals surface area contributed by atoms with Crippen molar-refractivity contribution in [2.45, 2.75) is 12.3 Å². The van der Waals surface area contributed by atoms with Crippen LogP contribution >= 0.6 is 0 Å². The van der Waals surface area contributed by atoms with E-state index in [0.29, 0.717) is 16.9 Å². The van der Waals surface area contributed by atoms with Crippen molar-refractivity contribution in [3.8, 4) is 5.75 Å². The molecule has 0 radical (unpaired) electrons. The van der Waals surface area contributed by atoms with Crippen molar-refractivity contribution in [2.24, 2.45) is 0 Å². The fourth-order valence-corrected chi connectivity index (χ4v) is 4.05. The van der Waals surface area contributed by atoms with Crippen LogP contribution in [0.25, 0.3) is 0 Å². The monoisotopic (exact) mass is 429 g/mol. The number of carbonyl (C=O) groups is 1. The third-order valence-electron chi connectivity index (χ3n) is 4.27. The zero-order valence-corrected chi connectivity index (χ0v) is 16.9. The van der Waals surface area contributed by atoms with E-state index in [2.05, 4.69) is 15.0 Å². The second kappa shape index (κ2) is 9.36. The summed E-state index contributed by atoms with van der Waals surface area (Å²) >= 11 is 0. The Morgan fingerprint density at radius 1 is 1.07 bits per heavy atom. The highest BCUT2D eigenvalue weighted by molar-refractivity contribution is 7.91. The fraction of sp³-hybridized carbons (Fsp3) is 0.143. The molecule has 30 heavy (non-hydrogen) atoms. The maximum Gasteiger partial charge on any atom is 0.251 e. The quantitative estimate of drug-likeness (QED) is 0.574. The lowest BCUT2D eigenvalue weighted by molar-refractivity contribution is 0.0950. The highest BCUT2D eigenvalue weighted by atomic mass is 32.2. The molecule has 0 saturated carbocycles. The number of benzene rings is 2. The van der Waals surface area contributed by atoms with Gasteiger partial charge in [0.1, 0.15) is 17.3 Å². The van der Waals surface area contributed by atoms with E-state index in [-0.39, 0.29) is 17.8 Å². The minimum absolute atomic E-state index is 0.0161. The van der Waals surface area contributed by atoms with Crippen LogP contribution in [0.2, 0.25) is 0 Å². The van der Waals surface area contributed by atoms with Crippen LogP contribution in [-0.2, 0) is 22.3 Å². The molecular formula is C21H20FN3O4S. The second-order valence-corrected chi connectivity index (χ2v) is 8.09. The average Bonchev–Trinajstić information content (AvgIpc) is 2.73. The average molecular weight is 429 g/mol. The number of rotatable bonds is 8. The summed E-state index contributed by atoms with van der Waals surface area (Å²) in [4.78, 5) is 16.5. The molecule has 0 unspecified atom stereocenters. The summed E-state index contributed by atoms with van der Waals surface area (Å²) in [5, 5.41) is 2.63. The summed E-state index contributed by atoms with van der Waals surface area (Å²) in [5.41, 5.74) is 1.03. The van der Waals surface area contributed by atoms with Gasteiger partial charge in [-0.05, 0) is 17.7 Å². The molecule has 7 nitrogen and oxygen atoms in total. The number of nitrogens with zero attached hydrogens (tertiary/aromatic N) is 1. The molecule has 0 aliphatic rings. The normalized spacial score (nSPS) is 11.0. The van der Waals surface area contributed by atoms with E-state index >= 15 is 0 Å². The zero-order valence-electron chi connectivity index (χ0n) is 16.1. The molecule has 1 amide bonds. The maximum atomic E-state index is 13.8. The predicted octanol–water partition coefficient (Wildman–Crippen LogP) is 3.10. The molecule has 0 spiro atoms. The van der Waals surface area contributed by atoms with Gasteiger partial charge in [0.2, 0.25) is 10.0 Å². The number of ether oxygens (including phenoxy) is 1. The number of nitrogens with one attached hydrogen (secondary N) is 2. The lowest BCUT2D eigenvalue weighted by Gasteiger charge is -2.13. The summed E-state index contributed by atoms with van der Waals surface area (Å²) in [6.45, 7) is -0.0161. The van der Waals surface area contributed by atoms with Gasteiger partial charge in [-0.25, -0.2) is 12.8 Å². The molecule has 1 heterocycles. The third kappa shape index (κ3) is 5.32. The first-order chi connectivity index (χ1) is 14.4. The van der Waals surface area contributed by atoms with E-state index in [1.807, 2.05) is 0 Å². The van der Waals surface area contributed by atoms with Crippen LogP contribution in [-0.4, -0.2) is 26.4 Å². The molecule has 2 N–H and O–H groups in total. The van der Waals surface area contributed by atoms with Gasteiger partial charge in [0.05, 0.1) is 19.1 Å². The number of carbonyl (C=O) groups excluding carboxylic acids is 1. The summed E-state index contributed by atoms with van der Waals surface area (Å²) < 4.78 is 46.6. The van der Waals surface area contributed by atoms with Crippen LogP contribution in [0.1, 0.15) is 21.5 Å². The van der Waals surface area contributed by atoms with Gasteiger partial charge < -0.3 is 10.1 Å². The number of hydrogen-bond acceptors (Lipinski definition) is 5. The predicted molar refractivity (Wildman–Crippen MR) is 111 cm³/mol. The smallest absolute Gasteiger partial charge is 0.251 e.